The van der Waals surface area contributed by atoms with E-state index in [0.717, 1.165) is 16.7 Å². The van der Waals surface area contributed by atoms with E-state index < -0.39 is 0 Å². The molecular weight excluding hydrogens is 330 g/mol. The van der Waals surface area contributed by atoms with Crippen molar-refractivity contribution in [1.29, 1.82) is 1.34 Å². The van der Waals surface area contributed by atoms with Gasteiger partial charge in [-0.2, -0.15) is 9.12 Å². The van der Waals surface area contributed by atoms with E-state index in [9.17, 15) is 0 Å². The van der Waals surface area contributed by atoms with Gasteiger partial charge in [0.15, 0.2) is 0 Å². The molecule has 1 radical (unpaired) electrons. The molecule has 3 nitrogen and oxygen atoms in total. The van der Waals surface area contributed by atoms with Crippen molar-refractivity contribution < 1.29 is 14.9 Å². The van der Waals surface area contributed by atoms with Gasteiger partial charge in [0.1, 0.15) is 19.2 Å². The van der Waals surface area contributed by atoms with Crippen LogP contribution in [0.15, 0.2) is 66.2 Å². The average Bonchev–Trinajstić information content (AvgIpc) is 3.37. The Balaban J connectivity index is 0.000000227. The van der Waals surface area contributed by atoms with E-state index in [-0.39, 0.29) is 24.9 Å². The lowest BCUT2D eigenvalue weighted by Gasteiger charge is -1.99. The topological polar surface area (TPSA) is 53.0 Å². The second-order valence-electron chi connectivity index (χ2n) is 5.94. The van der Waals surface area contributed by atoms with Crippen LogP contribution < -0.4 is 0 Å². The maximum absolute atomic E-state index is 8.97. The van der Waals surface area contributed by atoms with Crippen molar-refractivity contribution in [3.05, 3.63) is 77.4 Å². The summed E-state index contributed by atoms with van der Waals surface area (Å²) in [5.41, 5.74) is 2.94. The second-order valence-corrected chi connectivity index (χ2v) is 5.94. The largest absolute Gasteiger partial charge is 0.393 e. The van der Waals surface area contributed by atoms with Gasteiger partial charge >= 0.3 is 0 Å². The molecule has 5 heteroatoms. The maximum atomic E-state index is 8.97. The fourth-order valence-corrected chi connectivity index (χ4v) is 2.28. The van der Waals surface area contributed by atoms with Gasteiger partial charge in [0, 0.05) is 0 Å². The Morgan fingerprint density at radius 3 is 2.16 bits per heavy atom. The van der Waals surface area contributed by atoms with Crippen LogP contribution in [0, 0.1) is 0 Å². The van der Waals surface area contributed by atoms with E-state index in [4.69, 9.17) is 16.3 Å². The molecular formula is C20H27BO3P. The highest BCUT2D eigenvalue weighted by atomic mass is 31.0. The predicted molar refractivity (Wildman–Crippen MR) is 110 cm³/mol. The number of aliphatic hydroxyl groups is 2. The molecule has 2 aromatic carbocycles. The monoisotopic (exact) mass is 359 g/mol. The van der Waals surface area contributed by atoms with Crippen LogP contribution in [0.4, 0.5) is 0 Å². The third kappa shape index (κ3) is 7.13. The van der Waals surface area contributed by atoms with Gasteiger partial charge in [-0.1, -0.05) is 66.7 Å². The highest BCUT2D eigenvalue weighted by Crippen LogP contribution is 2.48. The lowest BCUT2D eigenvalue weighted by atomic mass is 10.0. The van der Waals surface area contributed by atoms with E-state index in [1.165, 1.54) is 7.53 Å². The molecule has 0 aromatic heterocycles. The first-order chi connectivity index (χ1) is 12.5. The fraction of sp³-hybridized carbons (Fsp3) is 0.300. The lowest BCUT2D eigenvalue weighted by molar-refractivity contribution is 0.184. The fourth-order valence-electron chi connectivity index (χ4n) is 2.28. The molecule has 1 saturated heterocycles. The molecule has 2 N–H and O–H groups in total. The van der Waals surface area contributed by atoms with Crippen LogP contribution in [0.25, 0.3) is 6.08 Å². The van der Waals surface area contributed by atoms with E-state index in [2.05, 4.69) is 9.12 Å². The number of epoxide rings is 1. The summed E-state index contributed by atoms with van der Waals surface area (Å²) in [6.07, 6.45) is 2.06. The van der Waals surface area contributed by atoms with Crippen LogP contribution in [0.5, 0.6) is 0 Å². The van der Waals surface area contributed by atoms with Gasteiger partial charge in [-0.15, -0.1) is 0 Å². The minimum Gasteiger partial charge on any atom is -0.393 e. The molecule has 0 saturated carbocycles. The summed E-state index contributed by atoms with van der Waals surface area (Å²) >= 11 is 0. The third-order valence-electron chi connectivity index (χ3n) is 3.76. The van der Waals surface area contributed by atoms with Crippen molar-refractivity contribution in [3.8, 4) is 0 Å². The second kappa shape index (κ2) is 11.2. The average molecular weight is 359 g/mol. The number of hydrogen-bond acceptors (Lipinski definition) is 3. The van der Waals surface area contributed by atoms with Crippen molar-refractivity contribution in [2.75, 3.05) is 13.2 Å². The maximum Gasteiger partial charge on any atom is 0.120 e. The van der Waals surface area contributed by atoms with Gasteiger partial charge in [-0.25, -0.2) is 0 Å². The highest BCUT2D eigenvalue weighted by Gasteiger charge is 2.52. The van der Waals surface area contributed by atoms with Crippen molar-refractivity contribution in [1.82, 2.24) is 0 Å². The van der Waals surface area contributed by atoms with Gasteiger partial charge in [0.25, 0.3) is 0 Å². The SMILES string of the molecule is C/C(=C\c1ccccc1)CO.CC1(CO)OC1c1ccccc1.[3H][B]P. The molecule has 1 aliphatic heterocycles. The molecule has 1 heterocycles. The molecule has 3 unspecified atom stereocenters. The molecule has 2 aromatic rings. The van der Waals surface area contributed by atoms with Crippen LogP contribution in [-0.4, -0.2) is 37.9 Å². The lowest BCUT2D eigenvalue weighted by Crippen LogP contribution is -2.11. The van der Waals surface area contributed by atoms with Crippen LogP contribution in [0.1, 0.15) is 31.1 Å². The molecule has 133 valence electrons. The Hall–Kier alpha value is -1.45. The highest BCUT2D eigenvalue weighted by molar-refractivity contribution is 7.49. The van der Waals surface area contributed by atoms with Gasteiger partial charge in [-0.05, 0) is 31.9 Å². The molecule has 1 aliphatic rings. The number of benzene rings is 2. The quantitative estimate of drug-likeness (QED) is 0.501. The Kier molecular flexibility index (Phi) is 8.92. The summed E-state index contributed by atoms with van der Waals surface area (Å²) in [5.74, 6) is 0. The number of ether oxygens (including phenoxy) is 1. The molecule has 3 rings (SSSR count). The molecule has 0 aliphatic carbocycles. The van der Waals surface area contributed by atoms with E-state index in [1.54, 1.807) is 0 Å². The summed E-state index contributed by atoms with van der Waals surface area (Å²) in [7, 11) is 3.29. The molecule has 25 heavy (non-hydrogen) atoms. The Morgan fingerprint density at radius 1 is 1.20 bits per heavy atom. The van der Waals surface area contributed by atoms with Gasteiger partial charge in [-0.3, -0.25) is 0 Å². The predicted octanol–water partition coefficient (Wildman–Crippen LogP) is 3.27. The normalized spacial score (nSPS) is 21.7. The van der Waals surface area contributed by atoms with Gasteiger partial charge in [0.2, 0.25) is 0 Å². The number of hydrogen-bond donors (Lipinski definition) is 2. The minimum atomic E-state index is -0.332. The Morgan fingerprint density at radius 2 is 1.72 bits per heavy atom. The Bertz CT molecular complexity index is 655. The zero-order valence-electron chi connectivity index (χ0n) is 15.8. The zero-order chi connectivity index (χ0) is 19.4. The van der Waals surface area contributed by atoms with Crippen molar-refractivity contribution in [2.24, 2.45) is 0 Å². The number of rotatable bonds is 4. The Labute approximate surface area is 155 Å². The minimum absolute atomic E-state index is 0.0868. The van der Waals surface area contributed by atoms with Gasteiger partial charge < -0.3 is 14.9 Å². The first-order valence-electron chi connectivity index (χ1n) is 8.67. The smallest absolute Gasteiger partial charge is 0.120 e. The standard InChI is InChI=1S/C10H12O2.C10H12O.BH3P/c1-10(7-11)9(12-10)8-5-3-2-4-6-8;1-9(8-11)7-10-5-3-2-4-6-10;1-2/h2-6,9,11H,7H2,1H3;2-7,11H,8H2,1H3;1H,2H2/b;9-7+;/i;;1T. The summed E-state index contributed by atoms with van der Waals surface area (Å²) in [5, 5.41) is 17.7. The van der Waals surface area contributed by atoms with Crippen LogP contribution in [0.2, 0.25) is 0 Å². The summed E-state index contributed by atoms with van der Waals surface area (Å²) in [6, 6.07) is 19.9. The van der Waals surface area contributed by atoms with E-state index in [1.807, 2.05) is 80.6 Å². The third-order valence-corrected chi connectivity index (χ3v) is 3.76. The van der Waals surface area contributed by atoms with E-state index >= 15 is 0 Å². The molecule has 0 spiro atoms. The molecule has 0 amide bonds. The molecule has 3 atom stereocenters. The van der Waals surface area contributed by atoms with Crippen LogP contribution in [-0.2, 0) is 4.74 Å². The summed E-state index contributed by atoms with van der Waals surface area (Å²) in [4.78, 5) is 0. The zero-order valence-corrected chi connectivity index (χ0v) is 16.0. The molecule has 0 bridgehead atoms. The first-order valence-corrected chi connectivity index (χ1v) is 8.76. The summed E-state index contributed by atoms with van der Waals surface area (Å²) < 4.78 is 11.4. The van der Waals surface area contributed by atoms with Crippen LogP contribution >= 0.6 is 9.12 Å². The van der Waals surface area contributed by atoms with Gasteiger partial charge in [0.05, 0.1) is 13.2 Å². The summed E-state index contributed by atoms with van der Waals surface area (Å²) in [6.45, 7) is 4.05. The first kappa shape index (κ1) is 19.9. The van der Waals surface area contributed by atoms with E-state index in [0.29, 0.717) is 0 Å². The van der Waals surface area contributed by atoms with Crippen molar-refractivity contribution in [2.45, 2.75) is 25.6 Å². The van der Waals surface area contributed by atoms with Crippen molar-refractivity contribution >= 4 is 22.7 Å². The number of aliphatic hydroxyl groups excluding tert-OH is 2. The molecule has 1 fully saturated rings. The van der Waals surface area contributed by atoms with Crippen molar-refractivity contribution in [3.63, 3.8) is 0 Å². The van der Waals surface area contributed by atoms with Crippen LogP contribution in [0.3, 0.4) is 0 Å².